The van der Waals surface area contributed by atoms with Crippen molar-refractivity contribution >= 4 is 33.2 Å². The zero-order valence-corrected chi connectivity index (χ0v) is 13.7. The highest BCUT2D eigenvalue weighted by molar-refractivity contribution is 7.89. The molecule has 2 rings (SSSR count). The molecule has 0 aromatic heterocycles. The van der Waals surface area contributed by atoms with E-state index in [-0.39, 0.29) is 20.7 Å². The van der Waals surface area contributed by atoms with Gasteiger partial charge in [0.2, 0.25) is 10.0 Å². The molecule has 1 fully saturated rings. The lowest BCUT2D eigenvalue weighted by molar-refractivity contribution is 0.280. The standard InChI is InChI=1S/C13H17Cl2NO3S/c1-9-4-3-7-16(8-9)20(17,18)11-6-5-10(14)12(15)13(11)19-2/h5-6,9H,3-4,7-8H2,1-2H3/t9-/m0/s1. The fourth-order valence-corrected chi connectivity index (χ4v) is 4.62. The number of piperidine rings is 1. The number of benzene rings is 1. The Balaban J connectivity index is 2.46. The number of hydrogen-bond acceptors (Lipinski definition) is 3. The Bertz CT molecular complexity index is 604. The van der Waals surface area contributed by atoms with E-state index in [0.717, 1.165) is 12.8 Å². The molecule has 1 aliphatic heterocycles. The molecule has 1 aromatic rings. The molecule has 1 atom stereocenters. The second kappa shape index (κ2) is 6.10. The van der Waals surface area contributed by atoms with Crippen LogP contribution in [-0.2, 0) is 10.0 Å². The lowest BCUT2D eigenvalue weighted by atomic mass is 10.0. The number of hydrogen-bond donors (Lipinski definition) is 0. The molecule has 0 N–H and O–H groups in total. The smallest absolute Gasteiger partial charge is 0.246 e. The molecule has 0 radical (unpaired) electrons. The Morgan fingerprint density at radius 1 is 1.35 bits per heavy atom. The molecule has 1 heterocycles. The SMILES string of the molecule is COc1c(S(=O)(=O)N2CCC[C@H](C)C2)ccc(Cl)c1Cl. The van der Waals surface area contributed by atoms with E-state index in [1.807, 2.05) is 6.92 Å². The molecule has 20 heavy (non-hydrogen) atoms. The first-order valence-corrected chi connectivity index (χ1v) is 8.59. The van der Waals surface area contributed by atoms with E-state index in [1.165, 1.54) is 23.5 Å². The lowest BCUT2D eigenvalue weighted by Crippen LogP contribution is -2.39. The van der Waals surface area contributed by atoms with Gasteiger partial charge in [0.15, 0.2) is 5.75 Å². The molecule has 0 bridgehead atoms. The molecule has 0 amide bonds. The topological polar surface area (TPSA) is 46.6 Å². The minimum atomic E-state index is -3.61. The van der Waals surface area contributed by atoms with E-state index < -0.39 is 10.0 Å². The second-order valence-electron chi connectivity index (χ2n) is 5.00. The Morgan fingerprint density at radius 2 is 2.05 bits per heavy atom. The van der Waals surface area contributed by atoms with E-state index in [0.29, 0.717) is 19.0 Å². The minimum absolute atomic E-state index is 0.0727. The van der Waals surface area contributed by atoms with E-state index in [2.05, 4.69) is 0 Å². The van der Waals surface area contributed by atoms with E-state index in [9.17, 15) is 8.42 Å². The van der Waals surface area contributed by atoms with Crippen LogP contribution in [0, 0.1) is 5.92 Å². The van der Waals surface area contributed by atoms with Gasteiger partial charge in [0.05, 0.1) is 12.1 Å². The molecular weight excluding hydrogens is 321 g/mol. The summed E-state index contributed by atoms with van der Waals surface area (Å²) in [5, 5.41) is 0.398. The fraction of sp³-hybridized carbons (Fsp3) is 0.538. The zero-order chi connectivity index (χ0) is 14.9. The van der Waals surface area contributed by atoms with Crippen LogP contribution in [0.15, 0.2) is 17.0 Å². The number of nitrogens with zero attached hydrogens (tertiary/aromatic N) is 1. The van der Waals surface area contributed by atoms with Crippen LogP contribution in [-0.4, -0.2) is 32.9 Å². The van der Waals surface area contributed by atoms with Gasteiger partial charge < -0.3 is 4.74 Å². The number of methoxy groups -OCH3 is 1. The normalized spacial score (nSPS) is 20.9. The largest absolute Gasteiger partial charge is 0.494 e. The van der Waals surface area contributed by atoms with Crippen LogP contribution in [0.3, 0.4) is 0 Å². The molecule has 1 aromatic carbocycles. The minimum Gasteiger partial charge on any atom is -0.494 e. The number of ether oxygens (including phenoxy) is 1. The summed E-state index contributed by atoms with van der Waals surface area (Å²) in [5.74, 6) is 0.463. The number of halogens is 2. The van der Waals surface area contributed by atoms with Crippen molar-refractivity contribution in [2.45, 2.75) is 24.7 Å². The summed E-state index contributed by atoms with van der Waals surface area (Å²) in [5.41, 5.74) is 0. The number of rotatable bonds is 3. The maximum absolute atomic E-state index is 12.7. The quantitative estimate of drug-likeness (QED) is 0.848. The Kier molecular flexibility index (Phi) is 4.84. The summed E-state index contributed by atoms with van der Waals surface area (Å²) < 4.78 is 32.1. The predicted molar refractivity (Wildman–Crippen MR) is 80.2 cm³/mol. The molecule has 0 saturated carbocycles. The third-order valence-electron chi connectivity index (χ3n) is 3.46. The van der Waals surface area contributed by atoms with Crippen LogP contribution in [0.4, 0.5) is 0 Å². The van der Waals surface area contributed by atoms with Crippen molar-refractivity contribution in [3.8, 4) is 5.75 Å². The molecule has 4 nitrogen and oxygen atoms in total. The van der Waals surface area contributed by atoms with Crippen molar-refractivity contribution in [3.05, 3.63) is 22.2 Å². The van der Waals surface area contributed by atoms with Gasteiger partial charge in [-0.3, -0.25) is 0 Å². The van der Waals surface area contributed by atoms with Gasteiger partial charge in [-0.25, -0.2) is 8.42 Å². The summed E-state index contributed by atoms with van der Waals surface area (Å²) >= 11 is 11.9. The van der Waals surface area contributed by atoms with Gasteiger partial charge in [0.25, 0.3) is 0 Å². The van der Waals surface area contributed by atoms with Crippen LogP contribution < -0.4 is 4.74 Å². The molecule has 112 valence electrons. The molecule has 0 aliphatic carbocycles. The number of sulfonamides is 1. The van der Waals surface area contributed by atoms with Gasteiger partial charge in [0.1, 0.15) is 9.92 Å². The molecular formula is C13H17Cl2NO3S. The summed E-state index contributed by atoms with van der Waals surface area (Å²) in [7, 11) is -2.23. The first-order valence-electron chi connectivity index (χ1n) is 6.40. The Labute approximate surface area is 129 Å². The van der Waals surface area contributed by atoms with Gasteiger partial charge in [0, 0.05) is 13.1 Å². The first kappa shape index (κ1) is 15.9. The van der Waals surface area contributed by atoms with Gasteiger partial charge in [-0.2, -0.15) is 4.31 Å². The van der Waals surface area contributed by atoms with E-state index in [4.69, 9.17) is 27.9 Å². The molecule has 1 saturated heterocycles. The van der Waals surface area contributed by atoms with Crippen molar-refractivity contribution < 1.29 is 13.2 Å². The van der Waals surface area contributed by atoms with Crippen molar-refractivity contribution in [2.24, 2.45) is 5.92 Å². The zero-order valence-electron chi connectivity index (χ0n) is 11.4. The highest BCUT2D eigenvalue weighted by Crippen LogP contribution is 2.39. The Morgan fingerprint density at radius 3 is 2.65 bits per heavy atom. The van der Waals surface area contributed by atoms with Crippen molar-refractivity contribution in [1.29, 1.82) is 0 Å². The maximum Gasteiger partial charge on any atom is 0.246 e. The van der Waals surface area contributed by atoms with Crippen LogP contribution in [0.5, 0.6) is 5.75 Å². The van der Waals surface area contributed by atoms with E-state index in [1.54, 1.807) is 0 Å². The molecule has 1 aliphatic rings. The summed E-state index contributed by atoms with van der Waals surface area (Å²) in [6.45, 7) is 3.09. The lowest BCUT2D eigenvalue weighted by Gasteiger charge is -2.30. The fourth-order valence-electron chi connectivity index (χ4n) is 2.41. The van der Waals surface area contributed by atoms with E-state index >= 15 is 0 Å². The van der Waals surface area contributed by atoms with Gasteiger partial charge >= 0.3 is 0 Å². The third-order valence-corrected chi connectivity index (χ3v) is 6.13. The highest BCUT2D eigenvalue weighted by Gasteiger charge is 2.32. The van der Waals surface area contributed by atoms with Crippen molar-refractivity contribution in [2.75, 3.05) is 20.2 Å². The van der Waals surface area contributed by atoms with Crippen LogP contribution in [0.1, 0.15) is 19.8 Å². The molecule has 7 heteroatoms. The summed E-state index contributed by atoms with van der Waals surface area (Å²) in [4.78, 5) is 0.0727. The molecule has 0 unspecified atom stereocenters. The summed E-state index contributed by atoms with van der Waals surface area (Å²) in [6, 6.07) is 2.92. The van der Waals surface area contributed by atoms with Crippen LogP contribution in [0.25, 0.3) is 0 Å². The van der Waals surface area contributed by atoms with Gasteiger partial charge in [-0.1, -0.05) is 30.1 Å². The van der Waals surface area contributed by atoms with Crippen LogP contribution >= 0.6 is 23.2 Å². The average molecular weight is 338 g/mol. The third kappa shape index (κ3) is 2.91. The van der Waals surface area contributed by atoms with Crippen molar-refractivity contribution in [3.63, 3.8) is 0 Å². The van der Waals surface area contributed by atoms with Crippen LogP contribution in [0.2, 0.25) is 10.0 Å². The highest BCUT2D eigenvalue weighted by atomic mass is 35.5. The first-order chi connectivity index (χ1) is 9.37. The monoisotopic (exact) mass is 337 g/mol. The van der Waals surface area contributed by atoms with Gasteiger partial charge in [-0.05, 0) is 30.9 Å². The second-order valence-corrected chi connectivity index (χ2v) is 7.69. The van der Waals surface area contributed by atoms with Crippen molar-refractivity contribution in [1.82, 2.24) is 4.31 Å². The van der Waals surface area contributed by atoms with Gasteiger partial charge in [-0.15, -0.1) is 0 Å². The predicted octanol–water partition coefficient (Wildman–Crippen LogP) is 3.42. The summed E-state index contributed by atoms with van der Waals surface area (Å²) in [6.07, 6.45) is 1.91. The Hall–Kier alpha value is -0.490. The average Bonchev–Trinajstić information content (AvgIpc) is 2.41. The molecule has 0 spiro atoms. The maximum atomic E-state index is 12.7.